The SMILES string of the molecule is C[C@H](C(=O)NCC(F)(F)F)c1cc(F)c(NC(=O)C(NC(=O)OC(C)(C)C)=C(C2CC2)C2CC2)cc1CO. The van der Waals surface area contributed by atoms with Crippen LogP contribution in [-0.4, -0.2) is 41.3 Å². The van der Waals surface area contributed by atoms with Crippen LogP contribution in [0.4, 0.5) is 28.0 Å². The third kappa shape index (κ3) is 8.17. The lowest BCUT2D eigenvalue weighted by Gasteiger charge is -2.22. The van der Waals surface area contributed by atoms with E-state index in [1.807, 2.05) is 0 Å². The molecule has 38 heavy (non-hydrogen) atoms. The highest BCUT2D eigenvalue weighted by atomic mass is 19.4. The number of allylic oxidation sites excluding steroid dienone is 1. The topological polar surface area (TPSA) is 117 Å². The van der Waals surface area contributed by atoms with Gasteiger partial charge in [0.05, 0.1) is 18.2 Å². The van der Waals surface area contributed by atoms with Crippen molar-refractivity contribution in [3.8, 4) is 0 Å². The van der Waals surface area contributed by atoms with Gasteiger partial charge in [-0.15, -0.1) is 0 Å². The molecule has 2 aliphatic rings. The number of alkyl halides is 3. The van der Waals surface area contributed by atoms with Gasteiger partial charge in [0.2, 0.25) is 5.91 Å². The van der Waals surface area contributed by atoms with Crippen molar-refractivity contribution in [3.63, 3.8) is 0 Å². The molecular formula is C26H33F4N3O5. The Morgan fingerprint density at radius 1 is 1.08 bits per heavy atom. The molecule has 8 nitrogen and oxygen atoms in total. The van der Waals surface area contributed by atoms with Gasteiger partial charge in [-0.25, -0.2) is 9.18 Å². The van der Waals surface area contributed by atoms with E-state index in [0.29, 0.717) is 0 Å². The van der Waals surface area contributed by atoms with Crippen molar-refractivity contribution in [2.24, 2.45) is 11.8 Å². The van der Waals surface area contributed by atoms with E-state index in [1.165, 1.54) is 6.92 Å². The van der Waals surface area contributed by atoms with Crippen molar-refractivity contribution in [3.05, 3.63) is 40.3 Å². The number of alkyl carbamates (subject to hydrolysis) is 1. The molecule has 1 atom stereocenters. The van der Waals surface area contributed by atoms with Crippen molar-refractivity contribution < 1.29 is 41.8 Å². The smallest absolute Gasteiger partial charge is 0.412 e. The van der Waals surface area contributed by atoms with Gasteiger partial charge < -0.3 is 20.5 Å². The first kappa shape index (κ1) is 29.4. The monoisotopic (exact) mass is 543 g/mol. The van der Waals surface area contributed by atoms with Crippen LogP contribution in [0.1, 0.15) is 70.4 Å². The fraction of sp³-hybridized carbons (Fsp3) is 0.577. The zero-order valence-corrected chi connectivity index (χ0v) is 21.7. The van der Waals surface area contributed by atoms with Gasteiger partial charge in [-0.1, -0.05) is 0 Å². The minimum atomic E-state index is -4.62. The van der Waals surface area contributed by atoms with E-state index in [4.69, 9.17) is 4.74 Å². The van der Waals surface area contributed by atoms with Gasteiger partial charge in [0.15, 0.2) is 0 Å². The lowest BCUT2D eigenvalue weighted by atomic mass is 9.94. The van der Waals surface area contributed by atoms with E-state index in [-0.39, 0.29) is 34.3 Å². The van der Waals surface area contributed by atoms with Gasteiger partial charge in [-0.05, 0) is 94.0 Å². The Hall–Kier alpha value is -3.15. The van der Waals surface area contributed by atoms with Crippen molar-refractivity contribution in [1.29, 1.82) is 0 Å². The molecule has 0 heterocycles. The number of anilines is 1. The van der Waals surface area contributed by atoms with Gasteiger partial charge in [-0.2, -0.15) is 13.2 Å². The van der Waals surface area contributed by atoms with Gasteiger partial charge in [0, 0.05) is 0 Å². The second kappa shape index (κ2) is 11.3. The molecule has 2 aliphatic carbocycles. The summed E-state index contributed by atoms with van der Waals surface area (Å²) in [5.74, 6) is -3.67. The summed E-state index contributed by atoms with van der Waals surface area (Å²) in [5, 5.41) is 16.5. The average molecular weight is 544 g/mol. The molecule has 0 bridgehead atoms. The fourth-order valence-electron chi connectivity index (χ4n) is 4.13. The Labute approximate surface area is 218 Å². The first-order chi connectivity index (χ1) is 17.6. The van der Waals surface area contributed by atoms with Crippen LogP contribution in [0.2, 0.25) is 0 Å². The molecule has 0 radical (unpaired) electrons. The predicted octanol–water partition coefficient (Wildman–Crippen LogP) is 4.64. The number of benzene rings is 1. The molecule has 2 fully saturated rings. The maximum atomic E-state index is 15.1. The highest BCUT2D eigenvalue weighted by Crippen LogP contribution is 2.50. The number of aliphatic hydroxyl groups is 1. The van der Waals surface area contributed by atoms with Crippen molar-refractivity contribution in [2.75, 3.05) is 11.9 Å². The minimum Gasteiger partial charge on any atom is -0.444 e. The molecule has 1 aromatic rings. The number of hydrogen-bond acceptors (Lipinski definition) is 5. The van der Waals surface area contributed by atoms with Gasteiger partial charge >= 0.3 is 12.3 Å². The van der Waals surface area contributed by atoms with Crippen LogP contribution in [0, 0.1) is 17.7 Å². The third-order valence-corrected chi connectivity index (χ3v) is 6.15. The van der Waals surface area contributed by atoms with Crippen molar-refractivity contribution >= 4 is 23.6 Å². The molecule has 12 heteroatoms. The van der Waals surface area contributed by atoms with E-state index in [9.17, 15) is 32.7 Å². The number of hydrogen-bond donors (Lipinski definition) is 4. The summed E-state index contributed by atoms with van der Waals surface area (Å²) in [6.07, 6.45) is -1.98. The maximum Gasteiger partial charge on any atom is 0.412 e. The zero-order valence-electron chi connectivity index (χ0n) is 21.7. The molecule has 210 valence electrons. The highest BCUT2D eigenvalue weighted by molar-refractivity contribution is 6.06. The number of carbonyl (C=O) groups is 3. The van der Waals surface area contributed by atoms with Crippen LogP contribution >= 0.6 is 0 Å². The molecule has 0 spiro atoms. The molecule has 4 N–H and O–H groups in total. The lowest BCUT2D eigenvalue weighted by molar-refractivity contribution is -0.139. The first-order valence-corrected chi connectivity index (χ1v) is 12.4. The predicted molar refractivity (Wildman–Crippen MR) is 130 cm³/mol. The molecule has 0 aromatic heterocycles. The molecule has 3 amide bonds. The number of ether oxygens (including phenoxy) is 1. The van der Waals surface area contributed by atoms with E-state index in [2.05, 4.69) is 10.6 Å². The van der Waals surface area contributed by atoms with E-state index < -0.39 is 54.6 Å². The number of amides is 3. The van der Waals surface area contributed by atoms with Gasteiger partial charge in [-0.3, -0.25) is 14.9 Å². The molecule has 3 rings (SSSR count). The average Bonchev–Trinajstić information content (AvgIpc) is 3.71. The normalized spacial score (nSPS) is 16.3. The minimum absolute atomic E-state index is 0.00169. The standard InChI is InChI=1S/C26H33F4N3O5/c1-13(22(35)31-12-26(28,29)30)17-10-18(27)19(9-16(17)11-34)32-23(36)21(33-24(37)38-25(2,3)4)20(14-5-6-14)15-7-8-15/h9-10,13-15,34H,5-8,11-12H2,1-4H3,(H,31,35)(H,32,36)(H,33,37)/t13-/m0/s1. The van der Waals surface area contributed by atoms with Crippen molar-refractivity contribution in [2.45, 2.75) is 77.7 Å². The molecule has 0 saturated heterocycles. The highest BCUT2D eigenvalue weighted by Gasteiger charge is 2.41. The number of rotatable bonds is 9. The Morgan fingerprint density at radius 3 is 2.13 bits per heavy atom. The second-order valence-corrected chi connectivity index (χ2v) is 10.7. The van der Waals surface area contributed by atoms with Crippen molar-refractivity contribution in [1.82, 2.24) is 10.6 Å². The number of carbonyl (C=O) groups excluding carboxylic acids is 3. The quantitative estimate of drug-likeness (QED) is 0.268. The van der Waals surface area contributed by atoms with Crippen LogP contribution in [0.15, 0.2) is 23.4 Å². The summed E-state index contributed by atoms with van der Waals surface area (Å²) in [6.45, 7) is 4.10. The summed E-state index contributed by atoms with van der Waals surface area (Å²) in [6, 6.07) is 2.02. The summed E-state index contributed by atoms with van der Waals surface area (Å²) >= 11 is 0. The maximum absolute atomic E-state index is 15.1. The summed E-state index contributed by atoms with van der Waals surface area (Å²) in [4.78, 5) is 38.1. The van der Waals surface area contributed by atoms with Crippen LogP contribution in [-0.2, 0) is 20.9 Å². The second-order valence-electron chi connectivity index (χ2n) is 10.7. The molecular weight excluding hydrogens is 510 g/mol. The fourth-order valence-corrected chi connectivity index (χ4v) is 4.13. The van der Waals surface area contributed by atoms with Gasteiger partial charge in [0.25, 0.3) is 5.91 Å². The number of halogens is 4. The van der Waals surface area contributed by atoms with Crippen LogP contribution in [0.25, 0.3) is 0 Å². The number of aliphatic hydroxyl groups excluding tert-OH is 1. The zero-order chi connectivity index (χ0) is 28.4. The molecule has 0 aliphatic heterocycles. The summed E-state index contributed by atoms with van der Waals surface area (Å²) in [7, 11) is 0. The van der Waals surface area contributed by atoms with E-state index in [0.717, 1.165) is 43.4 Å². The molecule has 1 aromatic carbocycles. The Balaban J connectivity index is 1.86. The van der Waals surface area contributed by atoms with Crippen LogP contribution in [0.5, 0.6) is 0 Å². The van der Waals surface area contributed by atoms with Gasteiger partial charge in [0.1, 0.15) is 23.7 Å². The molecule has 0 unspecified atom stereocenters. The first-order valence-electron chi connectivity index (χ1n) is 12.4. The van der Waals surface area contributed by atoms with E-state index >= 15 is 4.39 Å². The Morgan fingerprint density at radius 2 is 1.66 bits per heavy atom. The van der Waals surface area contributed by atoms with Crippen LogP contribution < -0.4 is 16.0 Å². The largest absolute Gasteiger partial charge is 0.444 e. The summed E-state index contributed by atoms with van der Waals surface area (Å²) < 4.78 is 57.8. The number of nitrogens with one attached hydrogen (secondary N) is 3. The lowest BCUT2D eigenvalue weighted by Crippen LogP contribution is -2.37. The summed E-state index contributed by atoms with van der Waals surface area (Å²) in [5.41, 5.74) is -0.318. The Bertz CT molecular complexity index is 1110. The third-order valence-electron chi connectivity index (χ3n) is 6.15. The van der Waals surface area contributed by atoms with Crippen LogP contribution in [0.3, 0.4) is 0 Å². The molecule has 2 saturated carbocycles. The Kier molecular flexibility index (Phi) is 8.75. The van der Waals surface area contributed by atoms with E-state index in [1.54, 1.807) is 26.1 Å².